The van der Waals surface area contributed by atoms with E-state index in [-0.39, 0.29) is 5.75 Å². The van der Waals surface area contributed by atoms with Crippen LogP contribution in [0.15, 0.2) is 60.7 Å². The molecule has 2 rings (SSSR count). The zero-order chi connectivity index (χ0) is 15.8. The van der Waals surface area contributed by atoms with E-state index in [2.05, 4.69) is 0 Å². The van der Waals surface area contributed by atoms with E-state index in [1.165, 1.54) is 4.31 Å². The van der Waals surface area contributed by atoms with Crippen molar-refractivity contribution < 1.29 is 8.42 Å². The Kier molecular flexibility index (Phi) is 6.12. The van der Waals surface area contributed by atoms with E-state index in [9.17, 15) is 8.42 Å². The van der Waals surface area contributed by atoms with Gasteiger partial charge in [-0.2, -0.15) is 0 Å². The number of nitrogens with zero attached hydrogens (tertiary/aromatic N) is 1. The SMILES string of the molecule is NCCN(CCc1ccccc1)S(=O)(=O)Cc1ccccc1. The highest BCUT2D eigenvalue weighted by Gasteiger charge is 2.21. The first-order chi connectivity index (χ1) is 10.6. The van der Waals surface area contributed by atoms with Crippen molar-refractivity contribution in [2.75, 3.05) is 19.6 Å². The molecule has 0 saturated heterocycles. The zero-order valence-electron chi connectivity index (χ0n) is 12.6. The Morgan fingerprint density at radius 1 is 0.818 bits per heavy atom. The highest BCUT2D eigenvalue weighted by atomic mass is 32.2. The average Bonchev–Trinajstić information content (AvgIpc) is 2.53. The van der Waals surface area contributed by atoms with Crippen molar-refractivity contribution in [2.24, 2.45) is 5.73 Å². The second kappa shape index (κ2) is 8.08. The van der Waals surface area contributed by atoms with Gasteiger partial charge in [0.2, 0.25) is 10.0 Å². The Hall–Kier alpha value is -1.69. The highest BCUT2D eigenvalue weighted by Crippen LogP contribution is 2.12. The maximum absolute atomic E-state index is 12.6. The van der Waals surface area contributed by atoms with Gasteiger partial charge in [0, 0.05) is 19.6 Å². The molecule has 0 aliphatic heterocycles. The normalized spacial score (nSPS) is 11.7. The minimum Gasteiger partial charge on any atom is -0.329 e. The maximum Gasteiger partial charge on any atom is 0.218 e. The van der Waals surface area contributed by atoms with Gasteiger partial charge in [-0.25, -0.2) is 12.7 Å². The van der Waals surface area contributed by atoms with Crippen molar-refractivity contribution in [1.82, 2.24) is 4.31 Å². The smallest absolute Gasteiger partial charge is 0.218 e. The summed E-state index contributed by atoms with van der Waals surface area (Å²) in [5, 5.41) is 0. The molecule has 0 aliphatic carbocycles. The molecule has 0 aliphatic rings. The number of sulfonamides is 1. The van der Waals surface area contributed by atoms with Crippen LogP contribution in [0.3, 0.4) is 0 Å². The van der Waals surface area contributed by atoms with Crippen molar-refractivity contribution in [3.05, 3.63) is 71.8 Å². The molecular formula is C17H22N2O2S. The number of rotatable bonds is 8. The van der Waals surface area contributed by atoms with E-state index in [1.54, 1.807) is 0 Å². The van der Waals surface area contributed by atoms with Crippen molar-refractivity contribution in [2.45, 2.75) is 12.2 Å². The molecule has 0 spiro atoms. The highest BCUT2D eigenvalue weighted by molar-refractivity contribution is 7.88. The fourth-order valence-electron chi connectivity index (χ4n) is 2.31. The lowest BCUT2D eigenvalue weighted by Crippen LogP contribution is -2.37. The predicted octanol–water partition coefficient (Wildman–Crippen LogP) is 2.02. The zero-order valence-corrected chi connectivity index (χ0v) is 13.4. The lowest BCUT2D eigenvalue weighted by molar-refractivity contribution is 0.421. The summed E-state index contributed by atoms with van der Waals surface area (Å²) >= 11 is 0. The van der Waals surface area contributed by atoms with Gasteiger partial charge in [0.05, 0.1) is 5.75 Å². The summed E-state index contributed by atoms with van der Waals surface area (Å²) in [6.07, 6.45) is 0.689. The van der Waals surface area contributed by atoms with E-state index < -0.39 is 10.0 Å². The number of benzene rings is 2. The van der Waals surface area contributed by atoms with Crippen LogP contribution in [0.2, 0.25) is 0 Å². The van der Waals surface area contributed by atoms with Crippen LogP contribution in [0, 0.1) is 0 Å². The van der Waals surface area contributed by atoms with Crippen LogP contribution >= 0.6 is 0 Å². The van der Waals surface area contributed by atoms with Gasteiger partial charge in [0.15, 0.2) is 0 Å². The minimum atomic E-state index is -3.35. The van der Waals surface area contributed by atoms with Gasteiger partial charge in [-0.1, -0.05) is 60.7 Å². The van der Waals surface area contributed by atoms with Crippen LogP contribution in [0.1, 0.15) is 11.1 Å². The second-order valence-electron chi connectivity index (χ2n) is 5.17. The van der Waals surface area contributed by atoms with Crippen LogP contribution in [-0.4, -0.2) is 32.4 Å². The fraction of sp³-hybridized carbons (Fsp3) is 0.294. The third kappa shape index (κ3) is 4.94. The summed E-state index contributed by atoms with van der Waals surface area (Å²) in [5.74, 6) is 0.0165. The molecule has 0 atom stereocenters. The van der Waals surface area contributed by atoms with Gasteiger partial charge in [0.25, 0.3) is 0 Å². The molecule has 4 nitrogen and oxygen atoms in total. The molecule has 118 valence electrons. The molecule has 0 radical (unpaired) electrons. The molecule has 2 aromatic rings. The standard InChI is InChI=1S/C17H22N2O2S/c18-12-14-19(13-11-16-7-3-1-4-8-16)22(20,21)15-17-9-5-2-6-10-17/h1-10H,11-15,18H2. The first kappa shape index (κ1) is 16.7. The lowest BCUT2D eigenvalue weighted by atomic mass is 10.1. The summed E-state index contributed by atoms with van der Waals surface area (Å²) < 4.78 is 26.7. The van der Waals surface area contributed by atoms with Gasteiger partial charge >= 0.3 is 0 Å². The topological polar surface area (TPSA) is 63.4 Å². The second-order valence-corrected chi connectivity index (χ2v) is 7.13. The summed E-state index contributed by atoms with van der Waals surface area (Å²) in [7, 11) is -3.35. The van der Waals surface area contributed by atoms with E-state index in [4.69, 9.17) is 5.73 Å². The van der Waals surface area contributed by atoms with Crippen molar-refractivity contribution >= 4 is 10.0 Å². The van der Waals surface area contributed by atoms with Gasteiger partial charge in [0.1, 0.15) is 0 Å². The van der Waals surface area contributed by atoms with Gasteiger partial charge in [-0.3, -0.25) is 0 Å². The molecule has 0 amide bonds. The Morgan fingerprint density at radius 3 is 1.91 bits per heavy atom. The summed E-state index contributed by atoms with van der Waals surface area (Å²) in [5.41, 5.74) is 7.50. The third-order valence-corrected chi connectivity index (χ3v) is 5.31. The minimum absolute atomic E-state index is 0.0165. The van der Waals surface area contributed by atoms with E-state index in [1.807, 2.05) is 60.7 Å². The molecule has 2 aromatic carbocycles. The largest absolute Gasteiger partial charge is 0.329 e. The van der Waals surface area contributed by atoms with Crippen molar-refractivity contribution in [3.63, 3.8) is 0 Å². The molecule has 0 saturated carbocycles. The van der Waals surface area contributed by atoms with Crippen LogP contribution in [0.5, 0.6) is 0 Å². The van der Waals surface area contributed by atoms with E-state index in [0.29, 0.717) is 26.1 Å². The molecule has 0 bridgehead atoms. The predicted molar refractivity (Wildman–Crippen MR) is 89.8 cm³/mol. The quantitative estimate of drug-likeness (QED) is 0.810. The fourth-order valence-corrected chi connectivity index (χ4v) is 3.86. The molecule has 0 unspecified atom stereocenters. The van der Waals surface area contributed by atoms with Gasteiger partial charge < -0.3 is 5.73 Å². The molecule has 2 N–H and O–H groups in total. The molecular weight excluding hydrogens is 296 g/mol. The molecule has 0 fully saturated rings. The van der Waals surface area contributed by atoms with Crippen molar-refractivity contribution in [1.29, 1.82) is 0 Å². The van der Waals surface area contributed by atoms with E-state index >= 15 is 0 Å². The summed E-state index contributed by atoms with van der Waals surface area (Å²) in [4.78, 5) is 0. The average molecular weight is 318 g/mol. The first-order valence-corrected chi connectivity index (χ1v) is 8.98. The van der Waals surface area contributed by atoms with Gasteiger partial charge in [-0.15, -0.1) is 0 Å². The Labute approximate surface area is 132 Å². The number of nitrogens with two attached hydrogens (primary N) is 1. The van der Waals surface area contributed by atoms with Crippen molar-refractivity contribution in [3.8, 4) is 0 Å². The number of hydrogen-bond acceptors (Lipinski definition) is 3. The Bertz CT molecular complexity index is 658. The summed E-state index contributed by atoms with van der Waals surface area (Å²) in [6.45, 7) is 1.13. The molecule has 22 heavy (non-hydrogen) atoms. The first-order valence-electron chi connectivity index (χ1n) is 7.37. The number of hydrogen-bond donors (Lipinski definition) is 1. The lowest BCUT2D eigenvalue weighted by Gasteiger charge is -2.21. The Morgan fingerprint density at radius 2 is 1.36 bits per heavy atom. The van der Waals surface area contributed by atoms with Crippen LogP contribution in [0.4, 0.5) is 0 Å². The Balaban J connectivity index is 2.05. The van der Waals surface area contributed by atoms with Crippen LogP contribution < -0.4 is 5.73 Å². The molecule has 0 aromatic heterocycles. The van der Waals surface area contributed by atoms with E-state index in [0.717, 1.165) is 11.1 Å². The maximum atomic E-state index is 12.6. The molecule has 0 heterocycles. The van der Waals surface area contributed by atoms with Gasteiger partial charge in [-0.05, 0) is 17.5 Å². The monoisotopic (exact) mass is 318 g/mol. The summed E-state index contributed by atoms with van der Waals surface area (Å²) in [6, 6.07) is 19.1. The van der Waals surface area contributed by atoms with Crippen LogP contribution in [0.25, 0.3) is 0 Å². The third-order valence-electron chi connectivity index (χ3n) is 3.46. The molecule has 5 heteroatoms. The van der Waals surface area contributed by atoms with Crippen LogP contribution in [-0.2, 0) is 22.2 Å².